The van der Waals surface area contributed by atoms with Gasteiger partial charge in [0, 0.05) is 12.0 Å². The topological polar surface area (TPSA) is 80.9 Å². The first kappa shape index (κ1) is 13.6. The van der Waals surface area contributed by atoms with E-state index in [-0.39, 0.29) is 17.2 Å². The molecule has 1 aromatic carbocycles. The number of nitrogens with zero attached hydrogens (tertiary/aromatic N) is 4. The van der Waals surface area contributed by atoms with E-state index in [0.717, 1.165) is 31.7 Å². The quantitative estimate of drug-likeness (QED) is 0.939. The lowest BCUT2D eigenvalue weighted by molar-refractivity contribution is 0.0696. The van der Waals surface area contributed by atoms with Crippen molar-refractivity contribution in [1.82, 2.24) is 20.2 Å². The molecule has 8 heteroatoms. The summed E-state index contributed by atoms with van der Waals surface area (Å²) in [4.78, 5) is 11.2. The molecule has 1 heterocycles. The van der Waals surface area contributed by atoms with E-state index in [9.17, 15) is 13.6 Å². The summed E-state index contributed by atoms with van der Waals surface area (Å²) in [5, 5.41) is 20.4. The van der Waals surface area contributed by atoms with Crippen molar-refractivity contribution in [2.45, 2.75) is 31.6 Å². The number of halogens is 2. The van der Waals surface area contributed by atoms with Crippen LogP contribution in [0.5, 0.6) is 0 Å². The largest absolute Gasteiger partial charge is 0.478 e. The van der Waals surface area contributed by atoms with E-state index in [1.807, 2.05) is 0 Å². The number of benzene rings is 1. The molecule has 0 aliphatic heterocycles. The van der Waals surface area contributed by atoms with E-state index < -0.39 is 17.6 Å². The summed E-state index contributed by atoms with van der Waals surface area (Å²) in [5.74, 6) is -3.12. The van der Waals surface area contributed by atoms with Gasteiger partial charge >= 0.3 is 5.97 Å². The molecular weight excluding hydrogens is 282 g/mol. The van der Waals surface area contributed by atoms with Gasteiger partial charge in [-0.1, -0.05) is 12.8 Å². The number of rotatable bonds is 3. The van der Waals surface area contributed by atoms with Crippen LogP contribution in [0.4, 0.5) is 8.78 Å². The van der Waals surface area contributed by atoms with Crippen LogP contribution in [-0.4, -0.2) is 31.3 Å². The first-order valence-corrected chi connectivity index (χ1v) is 6.59. The summed E-state index contributed by atoms with van der Waals surface area (Å²) in [6.07, 6.45) is 3.88. The minimum atomic E-state index is -1.36. The molecule has 0 radical (unpaired) electrons. The van der Waals surface area contributed by atoms with Crippen molar-refractivity contribution in [3.8, 4) is 5.69 Å². The zero-order valence-electron chi connectivity index (χ0n) is 11.0. The molecule has 3 rings (SSSR count). The monoisotopic (exact) mass is 294 g/mol. The maximum Gasteiger partial charge on any atom is 0.338 e. The molecule has 1 fully saturated rings. The summed E-state index contributed by atoms with van der Waals surface area (Å²) in [7, 11) is 0. The fourth-order valence-electron chi connectivity index (χ4n) is 2.69. The first-order valence-electron chi connectivity index (χ1n) is 6.59. The number of aromatic nitrogens is 4. The Balaban J connectivity index is 2.14. The second kappa shape index (κ2) is 5.19. The smallest absolute Gasteiger partial charge is 0.338 e. The molecule has 2 aromatic rings. The van der Waals surface area contributed by atoms with Gasteiger partial charge in [0.25, 0.3) is 0 Å². The Bertz CT molecular complexity index is 695. The van der Waals surface area contributed by atoms with Crippen LogP contribution in [0.3, 0.4) is 0 Å². The summed E-state index contributed by atoms with van der Waals surface area (Å²) >= 11 is 0. The predicted molar refractivity (Wildman–Crippen MR) is 67.2 cm³/mol. The molecule has 1 saturated carbocycles. The van der Waals surface area contributed by atoms with Crippen LogP contribution in [0, 0.1) is 11.6 Å². The first-order chi connectivity index (χ1) is 10.1. The van der Waals surface area contributed by atoms with Gasteiger partial charge in [-0.15, -0.1) is 5.10 Å². The van der Waals surface area contributed by atoms with Crippen LogP contribution in [0.15, 0.2) is 12.1 Å². The molecule has 1 aliphatic rings. The van der Waals surface area contributed by atoms with Gasteiger partial charge in [0.05, 0.1) is 11.3 Å². The Labute approximate surface area is 118 Å². The van der Waals surface area contributed by atoms with Crippen molar-refractivity contribution in [3.63, 3.8) is 0 Å². The fourth-order valence-corrected chi connectivity index (χ4v) is 2.69. The highest BCUT2D eigenvalue weighted by atomic mass is 19.2. The van der Waals surface area contributed by atoms with Crippen LogP contribution >= 0.6 is 0 Å². The molecule has 6 nitrogen and oxygen atoms in total. The van der Waals surface area contributed by atoms with Gasteiger partial charge in [-0.2, -0.15) is 4.68 Å². The Morgan fingerprint density at radius 3 is 2.57 bits per heavy atom. The third-order valence-corrected chi connectivity index (χ3v) is 3.71. The number of hydrogen-bond acceptors (Lipinski definition) is 4. The van der Waals surface area contributed by atoms with Gasteiger partial charge in [-0.25, -0.2) is 13.6 Å². The van der Waals surface area contributed by atoms with Crippen LogP contribution in [0.2, 0.25) is 0 Å². The summed E-state index contributed by atoms with van der Waals surface area (Å²) in [6.45, 7) is 0. The summed E-state index contributed by atoms with van der Waals surface area (Å²) in [5.41, 5.74) is -0.436. The zero-order valence-corrected chi connectivity index (χ0v) is 11.0. The number of tetrazole rings is 1. The van der Waals surface area contributed by atoms with Crippen molar-refractivity contribution >= 4 is 5.97 Å². The highest BCUT2D eigenvalue weighted by Gasteiger charge is 2.26. The Hall–Kier alpha value is -2.38. The maximum atomic E-state index is 13.5. The summed E-state index contributed by atoms with van der Waals surface area (Å²) < 4.78 is 27.9. The number of carbonyl (C=O) groups is 1. The second-order valence-corrected chi connectivity index (χ2v) is 5.02. The van der Waals surface area contributed by atoms with Crippen molar-refractivity contribution in [3.05, 3.63) is 35.2 Å². The van der Waals surface area contributed by atoms with E-state index in [1.54, 1.807) is 0 Å². The summed E-state index contributed by atoms with van der Waals surface area (Å²) in [6, 6.07) is 1.46. The van der Waals surface area contributed by atoms with Crippen molar-refractivity contribution in [1.29, 1.82) is 0 Å². The van der Waals surface area contributed by atoms with Gasteiger partial charge in [0.2, 0.25) is 0 Å². The van der Waals surface area contributed by atoms with Gasteiger partial charge in [-0.05, 0) is 29.3 Å². The average Bonchev–Trinajstić information content (AvgIpc) is 3.09. The van der Waals surface area contributed by atoms with Crippen LogP contribution < -0.4 is 0 Å². The minimum Gasteiger partial charge on any atom is -0.478 e. The molecule has 0 bridgehead atoms. The number of carboxylic acid groups (broad SMARTS) is 1. The van der Waals surface area contributed by atoms with Gasteiger partial charge in [0.15, 0.2) is 17.5 Å². The molecule has 0 amide bonds. The average molecular weight is 294 g/mol. The van der Waals surface area contributed by atoms with Crippen molar-refractivity contribution in [2.75, 3.05) is 0 Å². The second-order valence-electron chi connectivity index (χ2n) is 5.02. The normalized spacial score (nSPS) is 15.5. The fraction of sp³-hybridized carbons (Fsp3) is 0.385. The SMILES string of the molecule is O=C(O)c1cc(F)c(F)cc1-n1nnnc1C1CCCC1. The predicted octanol–water partition coefficient (Wildman–Crippen LogP) is 2.30. The van der Waals surface area contributed by atoms with E-state index in [2.05, 4.69) is 15.5 Å². The lowest BCUT2D eigenvalue weighted by Gasteiger charge is -2.12. The van der Waals surface area contributed by atoms with Crippen LogP contribution in [0.1, 0.15) is 47.8 Å². The molecule has 0 unspecified atom stereocenters. The number of carboxylic acids is 1. The molecule has 0 spiro atoms. The Morgan fingerprint density at radius 2 is 1.90 bits per heavy atom. The Kier molecular flexibility index (Phi) is 3.36. The maximum absolute atomic E-state index is 13.5. The van der Waals surface area contributed by atoms with E-state index >= 15 is 0 Å². The van der Waals surface area contributed by atoms with Gasteiger partial charge < -0.3 is 5.11 Å². The van der Waals surface area contributed by atoms with Gasteiger partial charge in [0.1, 0.15) is 0 Å². The van der Waals surface area contributed by atoms with Crippen LogP contribution in [-0.2, 0) is 0 Å². The molecule has 0 saturated heterocycles. The van der Waals surface area contributed by atoms with Crippen LogP contribution in [0.25, 0.3) is 5.69 Å². The molecule has 1 aliphatic carbocycles. The molecular formula is C13H12F2N4O2. The van der Waals surface area contributed by atoms with E-state index in [4.69, 9.17) is 5.11 Å². The lowest BCUT2D eigenvalue weighted by Crippen LogP contribution is -2.13. The van der Waals surface area contributed by atoms with Gasteiger partial charge in [-0.3, -0.25) is 0 Å². The van der Waals surface area contributed by atoms with E-state index in [1.165, 1.54) is 4.68 Å². The minimum absolute atomic E-state index is 0.0618. The number of aromatic carboxylic acids is 1. The molecule has 21 heavy (non-hydrogen) atoms. The molecule has 1 N–H and O–H groups in total. The molecule has 110 valence electrons. The zero-order chi connectivity index (χ0) is 15.0. The Morgan fingerprint density at radius 1 is 1.24 bits per heavy atom. The van der Waals surface area contributed by atoms with Crippen molar-refractivity contribution in [2.24, 2.45) is 0 Å². The standard InChI is InChI=1S/C13H12F2N4O2/c14-9-5-8(13(20)21)11(6-10(9)15)19-12(16-17-18-19)7-3-1-2-4-7/h5-7H,1-4H2,(H,20,21). The third kappa shape index (κ3) is 2.37. The highest BCUT2D eigenvalue weighted by Crippen LogP contribution is 2.34. The van der Waals surface area contributed by atoms with E-state index in [0.29, 0.717) is 11.9 Å². The number of hydrogen-bond donors (Lipinski definition) is 1. The molecule has 0 atom stereocenters. The van der Waals surface area contributed by atoms with Crippen molar-refractivity contribution < 1.29 is 18.7 Å². The lowest BCUT2D eigenvalue weighted by atomic mass is 10.1. The molecule has 1 aromatic heterocycles. The third-order valence-electron chi connectivity index (χ3n) is 3.71. The highest BCUT2D eigenvalue weighted by molar-refractivity contribution is 5.91.